The van der Waals surface area contributed by atoms with Crippen molar-refractivity contribution in [2.45, 2.75) is 33.1 Å². The van der Waals surface area contributed by atoms with Crippen molar-refractivity contribution in [1.29, 1.82) is 0 Å². The van der Waals surface area contributed by atoms with Crippen LogP contribution in [0, 0.1) is 5.92 Å². The summed E-state index contributed by atoms with van der Waals surface area (Å²) in [4.78, 5) is 15.2. The Morgan fingerprint density at radius 2 is 2.00 bits per heavy atom. The maximum Gasteiger partial charge on any atom is 0.219 e. The SMILES string of the molecule is CCCc1cc(Cl)c(Oc2ccc(/C=C/[C@H](C)CC(N)=O)cn2)c(Cl)c1. The van der Waals surface area contributed by atoms with E-state index in [1.54, 1.807) is 12.3 Å². The number of nitrogens with two attached hydrogens (primary N) is 1. The summed E-state index contributed by atoms with van der Waals surface area (Å²) in [6.07, 6.45) is 7.73. The van der Waals surface area contributed by atoms with Crippen molar-refractivity contribution in [2.75, 3.05) is 0 Å². The molecule has 1 heterocycles. The van der Waals surface area contributed by atoms with Gasteiger partial charge in [0.1, 0.15) is 0 Å². The minimum Gasteiger partial charge on any atom is -0.436 e. The first kappa shape index (κ1) is 20.3. The fraction of sp³-hybridized carbons (Fsp3) is 0.300. The number of allylic oxidation sites excluding steroid dienone is 1. The summed E-state index contributed by atoms with van der Waals surface area (Å²) in [6, 6.07) is 7.33. The van der Waals surface area contributed by atoms with Crippen molar-refractivity contribution in [2.24, 2.45) is 11.7 Å². The molecule has 0 radical (unpaired) electrons. The molecule has 0 saturated carbocycles. The molecule has 1 aromatic heterocycles. The number of aromatic nitrogens is 1. The van der Waals surface area contributed by atoms with Gasteiger partial charge in [-0.2, -0.15) is 0 Å². The quantitative estimate of drug-likeness (QED) is 0.630. The highest BCUT2D eigenvalue weighted by atomic mass is 35.5. The molecule has 1 aromatic carbocycles. The highest BCUT2D eigenvalue weighted by Gasteiger charge is 2.11. The van der Waals surface area contributed by atoms with Crippen LogP contribution in [-0.4, -0.2) is 10.9 Å². The smallest absolute Gasteiger partial charge is 0.219 e. The first-order valence-corrected chi connectivity index (χ1v) is 9.23. The van der Waals surface area contributed by atoms with Crippen LogP contribution in [0.3, 0.4) is 0 Å². The van der Waals surface area contributed by atoms with Crippen molar-refractivity contribution in [3.8, 4) is 11.6 Å². The van der Waals surface area contributed by atoms with Gasteiger partial charge < -0.3 is 10.5 Å². The molecule has 0 aliphatic heterocycles. The molecule has 2 rings (SSSR count). The molecule has 4 nitrogen and oxygen atoms in total. The molecule has 0 saturated heterocycles. The summed E-state index contributed by atoms with van der Waals surface area (Å²) in [5.74, 6) is 0.559. The standard InChI is InChI=1S/C20H22Cl2N2O2/c1-3-4-15-10-16(21)20(17(22)11-15)26-19-8-7-14(12-24-19)6-5-13(2)9-18(23)25/h5-8,10-13H,3-4,9H2,1-2H3,(H2,23,25)/b6-5+/t13-/m0/s1. The molecule has 2 aromatic rings. The van der Waals surface area contributed by atoms with Gasteiger partial charge in [0.05, 0.1) is 10.0 Å². The summed E-state index contributed by atoms with van der Waals surface area (Å²) in [5, 5.41) is 0.930. The summed E-state index contributed by atoms with van der Waals surface area (Å²) < 4.78 is 5.75. The zero-order valence-corrected chi connectivity index (χ0v) is 16.3. The Kier molecular flexibility index (Phi) is 7.49. The van der Waals surface area contributed by atoms with Crippen molar-refractivity contribution in [3.63, 3.8) is 0 Å². The maximum absolute atomic E-state index is 10.9. The molecular weight excluding hydrogens is 371 g/mol. The lowest BCUT2D eigenvalue weighted by Gasteiger charge is -2.11. The number of rotatable bonds is 8. The van der Waals surface area contributed by atoms with Gasteiger partial charge in [0.2, 0.25) is 11.8 Å². The molecule has 1 atom stereocenters. The normalized spacial score (nSPS) is 12.3. The average Bonchev–Trinajstić information content (AvgIpc) is 2.57. The van der Waals surface area contributed by atoms with E-state index in [9.17, 15) is 4.79 Å². The van der Waals surface area contributed by atoms with Crippen LogP contribution in [0.5, 0.6) is 11.6 Å². The lowest BCUT2D eigenvalue weighted by atomic mass is 10.1. The fourth-order valence-electron chi connectivity index (χ4n) is 2.46. The van der Waals surface area contributed by atoms with Crippen molar-refractivity contribution < 1.29 is 9.53 Å². The van der Waals surface area contributed by atoms with Crippen molar-refractivity contribution in [1.82, 2.24) is 4.98 Å². The van der Waals surface area contributed by atoms with Gasteiger partial charge in [0.15, 0.2) is 5.75 Å². The van der Waals surface area contributed by atoms with E-state index in [2.05, 4.69) is 11.9 Å². The lowest BCUT2D eigenvalue weighted by molar-refractivity contribution is -0.118. The molecule has 0 bridgehead atoms. The lowest BCUT2D eigenvalue weighted by Crippen LogP contribution is -2.13. The monoisotopic (exact) mass is 392 g/mol. The second-order valence-electron chi connectivity index (χ2n) is 6.18. The highest BCUT2D eigenvalue weighted by Crippen LogP contribution is 2.37. The Balaban J connectivity index is 2.08. The first-order chi connectivity index (χ1) is 12.4. The van der Waals surface area contributed by atoms with E-state index < -0.39 is 0 Å². The van der Waals surface area contributed by atoms with Gasteiger partial charge in [-0.1, -0.05) is 55.6 Å². The summed E-state index contributed by atoms with van der Waals surface area (Å²) >= 11 is 12.6. The van der Waals surface area contributed by atoms with Crippen molar-refractivity contribution >= 4 is 35.2 Å². The third-order valence-electron chi connectivity index (χ3n) is 3.70. The van der Waals surface area contributed by atoms with Gasteiger partial charge >= 0.3 is 0 Å². The predicted molar refractivity (Wildman–Crippen MR) is 107 cm³/mol. The number of hydrogen-bond donors (Lipinski definition) is 1. The molecular formula is C20H22Cl2N2O2. The minimum absolute atomic E-state index is 0.0719. The van der Waals surface area contributed by atoms with Crippen LogP contribution in [0.4, 0.5) is 0 Å². The van der Waals surface area contributed by atoms with Crippen LogP contribution in [0.15, 0.2) is 36.5 Å². The summed E-state index contributed by atoms with van der Waals surface area (Å²) in [5.41, 5.74) is 7.15. The molecule has 0 fully saturated rings. The van der Waals surface area contributed by atoms with Crippen LogP contribution >= 0.6 is 23.2 Å². The molecule has 26 heavy (non-hydrogen) atoms. The van der Waals surface area contributed by atoms with Gasteiger partial charge in [-0.3, -0.25) is 4.79 Å². The summed E-state index contributed by atoms with van der Waals surface area (Å²) in [7, 11) is 0. The fourth-order valence-corrected chi connectivity index (χ4v) is 3.07. The third kappa shape index (κ3) is 6.04. The zero-order valence-electron chi connectivity index (χ0n) is 14.8. The molecule has 0 aliphatic rings. The van der Waals surface area contributed by atoms with Gasteiger partial charge in [-0.05, 0) is 41.7 Å². The number of hydrogen-bond acceptors (Lipinski definition) is 3. The third-order valence-corrected chi connectivity index (χ3v) is 4.26. The highest BCUT2D eigenvalue weighted by molar-refractivity contribution is 6.37. The van der Waals surface area contributed by atoms with Crippen LogP contribution in [0.25, 0.3) is 6.08 Å². The Labute approximate surface area is 164 Å². The first-order valence-electron chi connectivity index (χ1n) is 8.47. The van der Waals surface area contributed by atoms with E-state index in [-0.39, 0.29) is 11.8 Å². The van der Waals surface area contributed by atoms with Crippen LogP contribution in [0.2, 0.25) is 10.0 Å². The van der Waals surface area contributed by atoms with Gasteiger partial charge in [-0.15, -0.1) is 0 Å². The molecule has 138 valence electrons. The van der Waals surface area contributed by atoms with Crippen LogP contribution in [0.1, 0.15) is 37.8 Å². The van der Waals surface area contributed by atoms with Gasteiger partial charge in [-0.25, -0.2) is 4.98 Å². The topological polar surface area (TPSA) is 65.2 Å². The van der Waals surface area contributed by atoms with Crippen molar-refractivity contribution in [3.05, 3.63) is 57.7 Å². The predicted octanol–water partition coefficient (Wildman–Crippen LogP) is 5.66. The molecule has 0 spiro atoms. The Bertz CT molecular complexity index is 766. The van der Waals surface area contributed by atoms with E-state index in [1.165, 1.54) is 0 Å². The second kappa shape index (κ2) is 9.60. The maximum atomic E-state index is 10.9. The van der Waals surface area contributed by atoms with E-state index >= 15 is 0 Å². The van der Waals surface area contributed by atoms with Crippen LogP contribution in [-0.2, 0) is 11.2 Å². The Morgan fingerprint density at radius 3 is 2.54 bits per heavy atom. The van der Waals surface area contributed by atoms with E-state index in [4.69, 9.17) is 33.7 Å². The van der Waals surface area contributed by atoms with E-state index in [0.29, 0.717) is 28.1 Å². The average molecular weight is 393 g/mol. The zero-order chi connectivity index (χ0) is 19.1. The number of halogens is 2. The molecule has 0 aliphatic carbocycles. The van der Waals surface area contributed by atoms with Crippen LogP contribution < -0.4 is 10.5 Å². The largest absolute Gasteiger partial charge is 0.436 e. The molecule has 1 amide bonds. The number of benzene rings is 1. The van der Waals surface area contributed by atoms with E-state index in [1.807, 2.05) is 37.3 Å². The second-order valence-corrected chi connectivity index (χ2v) is 6.99. The summed E-state index contributed by atoms with van der Waals surface area (Å²) in [6.45, 7) is 4.03. The number of aryl methyl sites for hydroxylation is 1. The molecule has 0 unspecified atom stereocenters. The number of nitrogens with zero attached hydrogens (tertiary/aromatic N) is 1. The van der Waals surface area contributed by atoms with E-state index in [0.717, 1.165) is 24.0 Å². The number of carbonyl (C=O) groups is 1. The van der Waals surface area contributed by atoms with Gasteiger partial charge in [0, 0.05) is 18.7 Å². The number of pyridine rings is 1. The Morgan fingerprint density at radius 1 is 1.31 bits per heavy atom. The Hall–Kier alpha value is -2.04. The number of amides is 1. The number of carbonyl (C=O) groups excluding carboxylic acids is 1. The van der Waals surface area contributed by atoms with Gasteiger partial charge in [0.25, 0.3) is 0 Å². The number of primary amides is 1. The molecule has 6 heteroatoms. The minimum atomic E-state index is -0.317. The molecule has 2 N–H and O–H groups in total. The number of ether oxygens (including phenoxy) is 1.